The molecule has 0 aliphatic carbocycles. The van der Waals surface area contributed by atoms with E-state index in [0.717, 1.165) is 5.70 Å². The molecule has 1 aromatic carbocycles. The summed E-state index contributed by atoms with van der Waals surface area (Å²) >= 11 is 0. The molecule has 1 heterocycles. The first-order valence-corrected chi connectivity index (χ1v) is 10.0. The number of rotatable bonds is 8. The Kier molecular flexibility index (Phi) is 11.6. The van der Waals surface area contributed by atoms with Crippen LogP contribution < -0.4 is 10.5 Å². The number of halogens is 3. The van der Waals surface area contributed by atoms with Crippen molar-refractivity contribution in [1.82, 2.24) is 4.90 Å². The molecule has 1 aliphatic heterocycles. The van der Waals surface area contributed by atoms with Crippen LogP contribution in [0.3, 0.4) is 0 Å². The second kappa shape index (κ2) is 13.9. The quantitative estimate of drug-likeness (QED) is 0.270. The van der Waals surface area contributed by atoms with Crippen molar-refractivity contribution in [1.29, 1.82) is 5.41 Å². The monoisotopic (exact) mass is 455 g/mol. The van der Waals surface area contributed by atoms with Gasteiger partial charge in [0.05, 0.1) is 18.2 Å². The number of primary amides is 1. The Labute approximate surface area is 185 Å². The molecule has 0 spiro atoms. The second-order valence-corrected chi connectivity index (χ2v) is 6.71. The minimum Gasteiger partial charge on any atom is -0.466 e. The largest absolute Gasteiger partial charge is 0.573 e. The average Bonchev–Trinajstić information content (AvgIpc) is 2.74. The molecule has 0 aromatic heterocycles. The number of nitrogens with two attached hydrogens (primary N) is 1. The van der Waals surface area contributed by atoms with Crippen LogP contribution in [0.2, 0.25) is 0 Å². The topological polar surface area (TPSA) is 106 Å². The van der Waals surface area contributed by atoms with Crippen molar-refractivity contribution in [2.45, 2.75) is 32.5 Å². The number of piperidine rings is 1. The Morgan fingerprint density at radius 3 is 2.53 bits per heavy atom. The molecule has 1 aromatic rings. The van der Waals surface area contributed by atoms with E-state index >= 15 is 0 Å². The van der Waals surface area contributed by atoms with Crippen molar-refractivity contribution in [3.05, 3.63) is 53.8 Å². The number of likely N-dealkylation sites (tertiary alicyclic amines) is 1. The van der Waals surface area contributed by atoms with Crippen molar-refractivity contribution < 1.29 is 32.2 Å². The number of benzene rings is 1. The predicted molar refractivity (Wildman–Crippen MR) is 114 cm³/mol. The van der Waals surface area contributed by atoms with E-state index in [-0.39, 0.29) is 24.0 Å². The molecule has 0 radical (unpaired) electrons. The minimum atomic E-state index is -4.71. The van der Waals surface area contributed by atoms with E-state index in [2.05, 4.69) is 10.5 Å². The number of carbonyl (C=O) groups is 2. The van der Waals surface area contributed by atoms with E-state index in [9.17, 15) is 18.0 Å². The van der Waals surface area contributed by atoms with Gasteiger partial charge in [-0.25, -0.2) is 0 Å². The lowest BCUT2D eigenvalue weighted by Crippen LogP contribution is -2.36. The molecule has 1 aliphatic rings. The lowest BCUT2D eigenvalue weighted by atomic mass is 9.96. The van der Waals surface area contributed by atoms with E-state index in [1.54, 1.807) is 25.1 Å². The fourth-order valence-electron chi connectivity index (χ4n) is 3.12. The van der Waals surface area contributed by atoms with Crippen molar-refractivity contribution in [2.75, 3.05) is 19.7 Å². The third-order valence-corrected chi connectivity index (χ3v) is 4.52. The lowest BCUT2D eigenvalue weighted by Gasteiger charge is -2.32. The summed E-state index contributed by atoms with van der Waals surface area (Å²) in [6, 6.07) is 5.83. The minimum absolute atomic E-state index is 0.0973. The van der Waals surface area contributed by atoms with Gasteiger partial charge in [0.15, 0.2) is 0 Å². The highest BCUT2D eigenvalue weighted by molar-refractivity contribution is 5.76. The summed E-state index contributed by atoms with van der Waals surface area (Å²) < 4.78 is 45.9. The molecule has 2 rings (SSSR count). The number of carbonyl (C=O) groups excluding carboxylic acids is 2. The van der Waals surface area contributed by atoms with E-state index < -0.39 is 6.36 Å². The Morgan fingerprint density at radius 2 is 1.97 bits per heavy atom. The molecule has 1 fully saturated rings. The molecule has 1 saturated heterocycles. The van der Waals surface area contributed by atoms with Crippen LogP contribution in [-0.4, -0.2) is 49.6 Å². The van der Waals surface area contributed by atoms with E-state index in [1.165, 1.54) is 24.4 Å². The van der Waals surface area contributed by atoms with Gasteiger partial charge in [-0.05, 0) is 50.0 Å². The third kappa shape index (κ3) is 10.1. The summed E-state index contributed by atoms with van der Waals surface area (Å²) in [5, 5.41) is 7.62. The van der Waals surface area contributed by atoms with Crippen molar-refractivity contribution in [3.63, 3.8) is 0 Å². The number of nitrogens with one attached hydrogen (secondary N) is 1. The van der Waals surface area contributed by atoms with Crippen molar-refractivity contribution in [2.24, 2.45) is 11.7 Å². The summed E-state index contributed by atoms with van der Waals surface area (Å²) in [4.78, 5) is 22.4. The van der Waals surface area contributed by atoms with Crippen LogP contribution in [0, 0.1) is 11.3 Å². The number of alkyl halides is 3. The van der Waals surface area contributed by atoms with Crippen molar-refractivity contribution >= 4 is 18.6 Å². The Bertz CT molecular complexity index is 802. The summed E-state index contributed by atoms with van der Waals surface area (Å²) in [6.07, 6.45) is 3.95. The van der Waals surface area contributed by atoms with Gasteiger partial charge in [-0.15, -0.1) is 13.2 Å². The number of allylic oxidation sites excluding steroid dienone is 4. The van der Waals surface area contributed by atoms with Gasteiger partial charge >= 0.3 is 12.3 Å². The number of hydrogen-bond acceptors (Lipinski definition) is 6. The van der Waals surface area contributed by atoms with Gasteiger partial charge in [0.2, 0.25) is 6.41 Å². The van der Waals surface area contributed by atoms with Gasteiger partial charge in [0.1, 0.15) is 5.75 Å². The molecule has 0 saturated carbocycles. The number of hydrogen-bond donors (Lipinski definition) is 2. The molecule has 0 atom stereocenters. The zero-order valence-electron chi connectivity index (χ0n) is 17.8. The van der Waals surface area contributed by atoms with Crippen molar-refractivity contribution in [3.8, 4) is 5.75 Å². The van der Waals surface area contributed by atoms with Crippen LogP contribution in [0.5, 0.6) is 5.75 Å². The van der Waals surface area contributed by atoms with E-state index in [4.69, 9.17) is 14.9 Å². The second-order valence-electron chi connectivity index (χ2n) is 6.71. The zero-order chi connectivity index (χ0) is 24.0. The third-order valence-electron chi connectivity index (χ3n) is 4.52. The van der Waals surface area contributed by atoms with E-state index in [0.29, 0.717) is 44.5 Å². The molecule has 10 heteroatoms. The molecular weight excluding hydrogens is 427 g/mol. The highest BCUT2D eigenvalue weighted by Gasteiger charge is 2.31. The lowest BCUT2D eigenvalue weighted by molar-refractivity contribution is -0.274. The smallest absolute Gasteiger partial charge is 0.466 e. The number of esters is 1. The Balaban J connectivity index is 0.00000161. The van der Waals surface area contributed by atoms with Crippen LogP contribution in [0.4, 0.5) is 13.2 Å². The van der Waals surface area contributed by atoms with Gasteiger partial charge in [-0.1, -0.05) is 24.3 Å². The summed E-state index contributed by atoms with van der Waals surface area (Å²) in [5.41, 5.74) is 5.57. The van der Waals surface area contributed by atoms with Crippen LogP contribution in [-0.2, 0) is 20.7 Å². The van der Waals surface area contributed by atoms with E-state index in [1.807, 2.05) is 11.0 Å². The molecule has 7 nitrogen and oxygen atoms in total. The maximum Gasteiger partial charge on any atom is 0.573 e. The first-order chi connectivity index (χ1) is 15.2. The van der Waals surface area contributed by atoms with Gasteiger partial charge < -0.3 is 25.5 Å². The average molecular weight is 455 g/mol. The summed E-state index contributed by atoms with van der Waals surface area (Å²) in [5.74, 6) is -0.507. The summed E-state index contributed by atoms with van der Waals surface area (Å²) in [6.45, 7) is 3.49. The SMILES string of the molecule is CCOC(=O)C1CCN(/C(C=N)=C/C=C/Cc2cccc(OC(F)(F)F)c2)CC1.NC=O. The van der Waals surface area contributed by atoms with Gasteiger partial charge in [-0.3, -0.25) is 9.59 Å². The summed E-state index contributed by atoms with van der Waals surface area (Å²) in [7, 11) is 0. The maximum absolute atomic E-state index is 12.3. The Hall–Kier alpha value is -3.30. The molecule has 0 bridgehead atoms. The van der Waals surface area contributed by atoms with Gasteiger partial charge in [-0.2, -0.15) is 0 Å². The first-order valence-electron chi connectivity index (χ1n) is 10.0. The van der Waals surface area contributed by atoms with Crippen LogP contribution in [0.1, 0.15) is 25.3 Å². The van der Waals surface area contributed by atoms with Gasteiger partial charge in [0.25, 0.3) is 0 Å². The fourth-order valence-corrected chi connectivity index (χ4v) is 3.12. The zero-order valence-corrected chi connectivity index (χ0v) is 17.8. The highest BCUT2D eigenvalue weighted by atomic mass is 19.4. The molecule has 3 N–H and O–H groups in total. The van der Waals surface area contributed by atoms with Crippen LogP contribution in [0.15, 0.2) is 48.2 Å². The fraction of sp³-hybridized carbons (Fsp3) is 0.409. The number of ether oxygens (including phenoxy) is 2. The standard InChI is InChI=1S/C21H25F3N2O3.CH3NO/c1-2-28-20(27)17-10-12-26(13-11-17)18(15-25)8-4-3-6-16-7-5-9-19(14-16)29-21(22,23)24;2-1-3/h3-5,7-9,14-15,17,25H,2,6,10-13H2,1H3;1H,(H2,2,3)/b4-3+,18-8+,25-15?;. The normalized spacial score (nSPS) is 15.0. The number of amides is 1. The first kappa shape index (κ1) is 26.7. The molecule has 1 amide bonds. The molecule has 32 heavy (non-hydrogen) atoms. The molecule has 176 valence electrons. The molecule has 0 unspecified atom stereocenters. The predicted octanol–water partition coefficient (Wildman–Crippen LogP) is 3.59. The molecular formula is C22H28F3N3O4. The number of nitrogens with zero attached hydrogens (tertiary/aromatic N) is 1. The van der Waals surface area contributed by atoms with Crippen LogP contribution >= 0.6 is 0 Å². The van der Waals surface area contributed by atoms with Crippen LogP contribution in [0.25, 0.3) is 0 Å². The van der Waals surface area contributed by atoms with Gasteiger partial charge in [0, 0.05) is 19.3 Å². The Morgan fingerprint density at radius 1 is 1.31 bits per heavy atom. The highest BCUT2D eigenvalue weighted by Crippen LogP contribution is 2.24. The maximum atomic E-state index is 12.3.